The molecule has 1 aromatic rings. The van der Waals surface area contributed by atoms with Crippen molar-refractivity contribution in [3.05, 3.63) is 12.7 Å². The van der Waals surface area contributed by atoms with Crippen molar-refractivity contribution >= 4 is 7.81 Å². The maximum atomic E-state index is 13.7. The number of nitrogens with zero attached hydrogens (tertiary/aromatic N) is 3. The Morgan fingerprint density at radius 3 is 1.49 bits per heavy atom. The Morgan fingerprint density at radius 2 is 1.11 bits per heavy atom. The van der Waals surface area contributed by atoms with Crippen LogP contribution in [0.4, 0.5) is 82.3 Å². The van der Waals surface area contributed by atoms with Gasteiger partial charge in [-0.2, -0.15) is 57.1 Å². The molecule has 0 aliphatic rings. The Labute approximate surface area is 193 Å². The Bertz CT molecular complexity index is 888. The summed E-state index contributed by atoms with van der Waals surface area (Å²) < 4.78 is 230. The first-order valence-electron chi connectivity index (χ1n) is 9.15. The molecule has 0 spiro atoms. The zero-order valence-corrected chi connectivity index (χ0v) is 18.6. The van der Waals surface area contributed by atoms with Gasteiger partial charge in [-0.25, -0.2) is 4.57 Å². The molecule has 0 radical (unpaired) electrons. The third-order valence-electron chi connectivity index (χ3n) is 4.05. The van der Waals surface area contributed by atoms with Crippen molar-refractivity contribution in [1.29, 1.82) is 0 Å². The van der Waals surface area contributed by atoms with Crippen LogP contribution in [0.15, 0.2) is 12.7 Å². The molecule has 0 fully saturated rings. The van der Waals surface area contributed by atoms with Gasteiger partial charge in [0.2, 0.25) is 6.33 Å². The number of halogens is 19. The molecule has 0 atom stereocenters. The van der Waals surface area contributed by atoms with E-state index in [1.54, 1.807) is 6.92 Å². The second kappa shape index (κ2) is 9.46. The molecule has 37 heavy (non-hydrogen) atoms. The second-order valence-corrected chi connectivity index (χ2v) is 9.23. The van der Waals surface area contributed by atoms with E-state index in [2.05, 4.69) is 5.10 Å². The zero-order valence-electron chi connectivity index (χ0n) is 17.7. The molecule has 0 aliphatic heterocycles. The van der Waals surface area contributed by atoms with Gasteiger partial charge >= 0.3 is 68.8 Å². The SMILES string of the molecule is CCCCn1c[n+](CCC(F)(F)C(F)(F)C(F)(F)C(F)(F)C(F)(F)C(F)(F)F)cn1.F[P-](F)(F)(F)(F)F. The van der Waals surface area contributed by atoms with Gasteiger partial charge in [0.15, 0.2) is 0 Å². The fourth-order valence-electron chi connectivity index (χ4n) is 2.14. The normalized spacial score (nSPS) is 16.5. The third kappa shape index (κ3) is 9.19. The van der Waals surface area contributed by atoms with E-state index in [0.29, 0.717) is 17.4 Å². The first-order valence-corrected chi connectivity index (χ1v) is 11.2. The third-order valence-corrected chi connectivity index (χ3v) is 4.05. The van der Waals surface area contributed by atoms with E-state index in [4.69, 9.17) is 0 Å². The minimum atomic E-state index is -10.7. The molecule has 1 heterocycles. The molecule has 0 bridgehead atoms. The first-order chi connectivity index (χ1) is 15.7. The van der Waals surface area contributed by atoms with Crippen molar-refractivity contribution in [3.8, 4) is 0 Å². The molecular weight excluding hydrogens is 602 g/mol. The van der Waals surface area contributed by atoms with E-state index in [-0.39, 0.29) is 6.54 Å². The van der Waals surface area contributed by atoms with Crippen molar-refractivity contribution in [2.24, 2.45) is 0 Å². The van der Waals surface area contributed by atoms with Crippen LogP contribution < -0.4 is 4.57 Å². The van der Waals surface area contributed by atoms with E-state index in [9.17, 15) is 82.3 Å². The van der Waals surface area contributed by atoms with Crippen LogP contribution >= 0.6 is 7.81 Å². The van der Waals surface area contributed by atoms with E-state index in [1.165, 1.54) is 0 Å². The fraction of sp³-hybridized carbons (Fsp3) is 0.857. The number of aromatic nitrogens is 3. The number of aryl methyl sites for hydroxylation is 2. The number of hydrogen-bond donors (Lipinski definition) is 0. The summed E-state index contributed by atoms with van der Waals surface area (Å²) in [5.41, 5.74) is 0. The molecule has 1 rings (SSSR count). The van der Waals surface area contributed by atoms with Gasteiger partial charge < -0.3 is 0 Å². The van der Waals surface area contributed by atoms with Gasteiger partial charge in [0, 0.05) is 11.5 Å². The average Bonchev–Trinajstić information content (AvgIpc) is 3.08. The van der Waals surface area contributed by atoms with Crippen LogP contribution in [-0.4, -0.2) is 45.6 Å². The van der Waals surface area contributed by atoms with Crippen molar-refractivity contribution in [3.63, 3.8) is 0 Å². The molecule has 0 aromatic carbocycles. The first kappa shape index (κ1) is 35.2. The van der Waals surface area contributed by atoms with Crippen LogP contribution in [0.25, 0.3) is 0 Å². The molecule has 0 saturated heterocycles. The summed E-state index contributed by atoms with van der Waals surface area (Å²) in [5, 5.41) is 3.62. The van der Waals surface area contributed by atoms with Gasteiger partial charge in [-0.05, 0) is 6.42 Å². The standard InChI is InChI=1S/C14H15F13N3.F6P/c1-2-3-5-30-8-29(7-28-30)6-4-9(15,16)10(17,18)11(19,20)12(21,22)13(23,24)14(25,26)27;1-7(2,3,4,5)6/h7-8H,2-6H2,1H3;/q+1;-1. The summed E-state index contributed by atoms with van der Waals surface area (Å²) in [5.74, 6) is -36.7. The van der Waals surface area contributed by atoms with Gasteiger partial charge in [-0.3, -0.25) is 0 Å². The monoisotopic (exact) mass is 617 g/mol. The van der Waals surface area contributed by atoms with Gasteiger partial charge in [0.1, 0.15) is 6.54 Å². The average molecular weight is 617 g/mol. The molecule has 0 unspecified atom stereocenters. The quantitative estimate of drug-likeness (QED) is 0.147. The van der Waals surface area contributed by atoms with E-state index in [0.717, 1.165) is 17.3 Å². The van der Waals surface area contributed by atoms with E-state index < -0.39 is 56.6 Å². The predicted molar refractivity (Wildman–Crippen MR) is 86.3 cm³/mol. The van der Waals surface area contributed by atoms with Crippen LogP contribution in [0.5, 0.6) is 0 Å². The van der Waals surface area contributed by atoms with E-state index in [1.807, 2.05) is 0 Å². The molecule has 23 heteroatoms. The summed E-state index contributed by atoms with van der Waals surface area (Å²) in [6, 6.07) is 0. The molecular formula is C14H15F19N3P. The summed E-state index contributed by atoms with van der Waals surface area (Å²) in [7, 11) is -10.7. The van der Waals surface area contributed by atoms with Crippen molar-refractivity contribution in [2.75, 3.05) is 0 Å². The molecule has 0 aliphatic carbocycles. The zero-order chi connectivity index (χ0) is 30.2. The molecule has 224 valence electrons. The second-order valence-electron chi connectivity index (χ2n) is 7.31. The molecule has 3 nitrogen and oxygen atoms in total. The summed E-state index contributed by atoms with van der Waals surface area (Å²) in [4.78, 5) is 0. The van der Waals surface area contributed by atoms with Crippen LogP contribution in [0.3, 0.4) is 0 Å². The van der Waals surface area contributed by atoms with Gasteiger partial charge in [-0.1, -0.05) is 13.3 Å². The van der Waals surface area contributed by atoms with Crippen molar-refractivity contribution in [2.45, 2.75) is 75.1 Å². The number of alkyl halides is 13. The van der Waals surface area contributed by atoms with Gasteiger partial charge in [0.05, 0.1) is 6.54 Å². The Morgan fingerprint density at radius 1 is 0.703 bits per heavy atom. The molecule has 1 aromatic heterocycles. The molecule has 0 N–H and O–H groups in total. The summed E-state index contributed by atoms with van der Waals surface area (Å²) in [6.07, 6.45) is -6.62. The fourth-order valence-corrected chi connectivity index (χ4v) is 2.14. The van der Waals surface area contributed by atoms with Crippen LogP contribution in [0.2, 0.25) is 0 Å². The summed E-state index contributed by atoms with van der Waals surface area (Å²) in [6.45, 7) is 0.858. The predicted octanol–water partition coefficient (Wildman–Crippen LogP) is 8.48. The van der Waals surface area contributed by atoms with Crippen LogP contribution in [0, 0.1) is 0 Å². The Hall–Kier alpha value is -1.76. The van der Waals surface area contributed by atoms with Crippen molar-refractivity contribution < 1.29 is 86.8 Å². The van der Waals surface area contributed by atoms with E-state index >= 15 is 0 Å². The van der Waals surface area contributed by atoms with Gasteiger partial charge in [-0.15, -0.1) is 4.68 Å². The number of rotatable bonds is 10. The molecule has 0 saturated carbocycles. The minimum absolute atomic E-state index is 0.271. The van der Waals surface area contributed by atoms with Crippen LogP contribution in [0.1, 0.15) is 26.2 Å². The van der Waals surface area contributed by atoms with Crippen molar-refractivity contribution in [1.82, 2.24) is 9.78 Å². The van der Waals surface area contributed by atoms with Crippen LogP contribution in [-0.2, 0) is 13.1 Å². The maximum absolute atomic E-state index is 13.7. The number of hydrogen-bond acceptors (Lipinski definition) is 1. The molecule has 0 amide bonds. The number of unbranched alkanes of at least 4 members (excludes halogenated alkanes) is 1. The summed E-state index contributed by atoms with van der Waals surface area (Å²) >= 11 is 0. The topological polar surface area (TPSA) is 21.7 Å². The Kier molecular flexibility index (Phi) is 9.01. The Balaban J connectivity index is 0.00000161. The van der Waals surface area contributed by atoms with Gasteiger partial charge in [0.25, 0.3) is 6.33 Å².